The lowest BCUT2D eigenvalue weighted by molar-refractivity contribution is 0.0670. The fourth-order valence-electron chi connectivity index (χ4n) is 2.34. The third-order valence-electron chi connectivity index (χ3n) is 3.29. The summed E-state index contributed by atoms with van der Waals surface area (Å²) in [7, 11) is 0. The van der Waals surface area contributed by atoms with Crippen LogP contribution < -0.4 is 5.32 Å². The largest absolute Gasteiger partial charge is 0.372 e. The van der Waals surface area contributed by atoms with Crippen LogP contribution in [0.4, 0.5) is 0 Å². The van der Waals surface area contributed by atoms with Crippen molar-refractivity contribution < 1.29 is 4.74 Å². The molecule has 1 aliphatic rings. The Morgan fingerprint density at radius 1 is 1.06 bits per heavy atom. The third-order valence-corrected chi connectivity index (χ3v) is 3.29. The Labute approximate surface area is 102 Å². The lowest BCUT2D eigenvalue weighted by atomic mass is 10.0. The first kappa shape index (κ1) is 10.8. The molecule has 0 aromatic heterocycles. The average Bonchev–Trinajstić information content (AvgIpc) is 2.67. The highest BCUT2D eigenvalue weighted by Gasteiger charge is 2.14. The molecule has 2 aromatic rings. The molecular weight excluding hydrogens is 210 g/mol. The molecule has 0 saturated carbocycles. The van der Waals surface area contributed by atoms with Gasteiger partial charge in [0.05, 0.1) is 6.10 Å². The molecule has 0 aliphatic carbocycles. The van der Waals surface area contributed by atoms with Crippen molar-refractivity contribution >= 4 is 10.8 Å². The first-order chi connectivity index (χ1) is 8.43. The van der Waals surface area contributed by atoms with Gasteiger partial charge in [0.2, 0.25) is 0 Å². The quantitative estimate of drug-likeness (QED) is 0.808. The average molecular weight is 227 g/mol. The van der Waals surface area contributed by atoms with Crippen LogP contribution in [0.1, 0.15) is 18.1 Å². The highest BCUT2D eigenvalue weighted by atomic mass is 16.5. The van der Waals surface area contributed by atoms with E-state index in [1.54, 1.807) is 0 Å². The predicted octanol–water partition coefficient (Wildman–Crippen LogP) is 2.89. The molecule has 1 aliphatic heterocycles. The Balaban J connectivity index is 1.93. The molecule has 2 aromatic carbocycles. The molecule has 0 amide bonds. The van der Waals surface area contributed by atoms with Crippen molar-refractivity contribution in [1.29, 1.82) is 0 Å². The van der Waals surface area contributed by atoms with Crippen molar-refractivity contribution in [3.63, 3.8) is 0 Å². The van der Waals surface area contributed by atoms with Gasteiger partial charge in [0, 0.05) is 13.2 Å². The van der Waals surface area contributed by atoms with Crippen LogP contribution >= 0.6 is 0 Å². The molecule has 17 heavy (non-hydrogen) atoms. The van der Waals surface area contributed by atoms with Crippen LogP contribution in [0.3, 0.4) is 0 Å². The monoisotopic (exact) mass is 227 g/mol. The van der Waals surface area contributed by atoms with Gasteiger partial charge in [0.15, 0.2) is 0 Å². The van der Waals surface area contributed by atoms with E-state index in [1.165, 1.54) is 16.3 Å². The number of rotatable bonds is 1. The zero-order valence-corrected chi connectivity index (χ0v) is 9.86. The minimum atomic E-state index is 0.196. The van der Waals surface area contributed by atoms with Gasteiger partial charge in [0.1, 0.15) is 0 Å². The second kappa shape index (κ2) is 4.86. The molecule has 1 fully saturated rings. The van der Waals surface area contributed by atoms with Gasteiger partial charge in [-0.25, -0.2) is 0 Å². The summed E-state index contributed by atoms with van der Waals surface area (Å²) >= 11 is 0. The number of hydrogen-bond acceptors (Lipinski definition) is 2. The van der Waals surface area contributed by atoms with Crippen LogP contribution in [0.15, 0.2) is 42.5 Å². The Bertz CT molecular complexity index is 501. The summed E-state index contributed by atoms with van der Waals surface area (Å²) in [5, 5.41) is 6.00. The number of ether oxygens (including phenoxy) is 1. The van der Waals surface area contributed by atoms with Gasteiger partial charge in [-0.05, 0) is 35.4 Å². The minimum Gasteiger partial charge on any atom is -0.372 e. The van der Waals surface area contributed by atoms with E-state index in [2.05, 4.69) is 47.8 Å². The molecule has 1 saturated heterocycles. The summed E-state index contributed by atoms with van der Waals surface area (Å²) in [6, 6.07) is 15.1. The third kappa shape index (κ3) is 2.33. The van der Waals surface area contributed by atoms with Crippen molar-refractivity contribution in [2.75, 3.05) is 19.7 Å². The lowest BCUT2D eigenvalue weighted by Gasteiger charge is -2.16. The van der Waals surface area contributed by atoms with Crippen molar-refractivity contribution in [2.24, 2.45) is 0 Å². The highest BCUT2D eigenvalue weighted by Crippen LogP contribution is 2.23. The van der Waals surface area contributed by atoms with Crippen LogP contribution in [0, 0.1) is 0 Å². The maximum Gasteiger partial charge on any atom is 0.0949 e. The van der Waals surface area contributed by atoms with E-state index in [4.69, 9.17) is 4.74 Å². The van der Waals surface area contributed by atoms with Crippen molar-refractivity contribution in [3.05, 3.63) is 48.0 Å². The predicted molar refractivity (Wildman–Crippen MR) is 70.1 cm³/mol. The Kier molecular flexibility index (Phi) is 3.08. The second-order valence-electron chi connectivity index (χ2n) is 4.52. The molecule has 1 unspecified atom stereocenters. The maximum absolute atomic E-state index is 5.88. The lowest BCUT2D eigenvalue weighted by Crippen LogP contribution is -2.20. The summed E-state index contributed by atoms with van der Waals surface area (Å²) in [5.41, 5.74) is 1.28. The molecule has 1 atom stereocenters. The van der Waals surface area contributed by atoms with E-state index >= 15 is 0 Å². The van der Waals surface area contributed by atoms with Gasteiger partial charge < -0.3 is 10.1 Å². The van der Waals surface area contributed by atoms with Crippen LogP contribution in [0.5, 0.6) is 0 Å². The zero-order valence-electron chi connectivity index (χ0n) is 9.86. The maximum atomic E-state index is 5.88. The van der Waals surface area contributed by atoms with E-state index in [1.807, 2.05) is 0 Å². The summed E-state index contributed by atoms with van der Waals surface area (Å²) in [6.07, 6.45) is 1.30. The molecular formula is C15H17NO. The molecule has 2 nitrogen and oxygen atoms in total. The first-order valence-corrected chi connectivity index (χ1v) is 6.24. The second-order valence-corrected chi connectivity index (χ2v) is 4.52. The van der Waals surface area contributed by atoms with Gasteiger partial charge in [-0.15, -0.1) is 0 Å². The molecule has 1 N–H and O–H groups in total. The van der Waals surface area contributed by atoms with Gasteiger partial charge >= 0.3 is 0 Å². The van der Waals surface area contributed by atoms with Crippen LogP contribution in [0.25, 0.3) is 10.8 Å². The molecule has 0 radical (unpaired) electrons. The van der Waals surface area contributed by atoms with Gasteiger partial charge in [-0.2, -0.15) is 0 Å². The van der Waals surface area contributed by atoms with Crippen molar-refractivity contribution in [1.82, 2.24) is 5.32 Å². The number of hydrogen-bond donors (Lipinski definition) is 1. The Morgan fingerprint density at radius 2 is 1.94 bits per heavy atom. The van der Waals surface area contributed by atoms with Crippen molar-refractivity contribution in [3.8, 4) is 0 Å². The van der Waals surface area contributed by atoms with E-state index in [9.17, 15) is 0 Å². The fraction of sp³-hybridized carbons (Fsp3) is 0.333. The standard InChI is InChI=1S/C15H17NO/c1-2-5-13-10-14(7-6-12(13)4-1)15-11-16-8-3-9-17-15/h1-2,4-7,10,15-16H,3,8-9,11H2. The van der Waals surface area contributed by atoms with E-state index in [-0.39, 0.29) is 6.10 Å². The first-order valence-electron chi connectivity index (χ1n) is 6.24. The summed E-state index contributed by atoms with van der Waals surface area (Å²) < 4.78 is 5.88. The molecule has 0 bridgehead atoms. The van der Waals surface area contributed by atoms with Crippen molar-refractivity contribution in [2.45, 2.75) is 12.5 Å². The van der Waals surface area contributed by atoms with Crippen LogP contribution in [0.2, 0.25) is 0 Å². The molecule has 2 heteroatoms. The summed E-state index contributed by atoms with van der Waals surface area (Å²) in [6.45, 7) is 2.83. The summed E-state index contributed by atoms with van der Waals surface area (Å²) in [5.74, 6) is 0. The van der Waals surface area contributed by atoms with E-state index < -0.39 is 0 Å². The van der Waals surface area contributed by atoms with Crippen LogP contribution in [-0.2, 0) is 4.74 Å². The SMILES string of the molecule is c1ccc2cc(C3CNCCCO3)ccc2c1. The minimum absolute atomic E-state index is 0.196. The van der Waals surface area contributed by atoms with Gasteiger partial charge in [-0.3, -0.25) is 0 Å². The number of nitrogens with one attached hydrogen (secondary N) is 1. The summed E-state index contributed by atoms with van der Waals surface area (Å²) in [4.78, 5) is 0. The Hall–Kier alpha value is -1.38. The van der Waals surface area contributed by atoms with E-state index in [0.717, 1.165) is 26.1 Å². The van der Waals surface area contributed by atoms with Gasteiger partial charge in [0.25, 0.3) is 0 Å². The molecule has 88 valence electrons. The Morgan fingerprint density at radius 3 is 2.88 bits per heavy atom. The zero-order chi connectivity index (χ0) is 11.5. The highest BCUT2D eigenvalue weighted by molar-refractivity contribution is 5.83. The number of fused-ring (bicyclic) bond motifs is 1. The molecule has 0 spiro atoms. The van der Waals surface area contributed by atoms with Crippen LogP contribution in [-0.4, -0.2) is 19.7 Å². The number of benzene rings is 2. The van der Waals surface area contributed by atoms with E-state index in [0.29, 0.717) is 0 Å². The normalized spacial score (nSPS) is 21.3. The fourth-order valence-corrected chi connectivity index (χ4v) is 2.34. The topological polar surface area (TPSA) is 21.3 Å². The molecule has 1 heterocycles. The smallest absolute Gasteiger partial charge is 0.0949 e. The van der Waals surface area contributed by atoms with Gasteiger partial charge in [-0.1, -0.05) is 36.4 Å². The molecule has 3 rings (SSSR count).